The zero-order valence-electron chi connectivity index (χ0n) is 33.3. The smallest absolute Gasteiger partial charge is 0.257 e. The molecule has 0 aliphatic carbocycles. The van der Waals surface area contributed by atoms with Crippen LogP contribution in [0.2, 0.25) is 0 Å². The van der Waals surface area contributed by atoms with Crippen molar-refractivity contribution in [3.8, 4) is 17.2 Å². The van der Waals surface area contributed by atoms with Gasteiger partial charge in [-0.25, -0.2) is 0 Å². The van der Waals surface area contributed by atoms with Gasteiger partial charge in [0.25, 0.3) is 11.8 Å². The summed E-state index contributed by atoms with van der Waals surface area (Å²) in [6, 6.07) is 16.3. The summed E-state index contributed by atoms with van der Waals surface area (Å²) < 4.78 is 38.1. The van der Waals surface area contributed by atoms with Gasteiger partial charge in [0.05, 0.1) is 40.4 Å². The van der Waals surface area contributed by atoms with Crippen LogP contribution in [0.4, 0.5) is 5.69 Å². The van der Waals surface area contributed by atoms with Gasteiger partial charge in [0.15, 0.2) is 11.5 Å². The summed E-state index contributed by atoms with van der Waals surface area (Å²) in [6.45, 7) is 10.9. The van der Waals surface area contributed by atoms with Crippen LogP contribution in [0.15, 0.2) is 71.7 Å². The largest absolute Gasteiger partial charge is 0.542 e. The monoisotopic (exact) mass is 993 g/mol. The van der Waals surface area contributed by atoms with Crippen molar-refractivity contribution < 1.29 is 89.8 Å². The Morgan fingerprint density at radius 1 is 0.945 bits per heavy atom. The SMILES string of the molecule is [3H]C=C1C[C@H]2CCc3cc(OCc4c[c-]cc(COc5cc6c(cc5OC)C(=O)N5CC(=C[3H])C[C@H]5C=N6)c4)c(C)cc3C(=O)N2C1.[CH2-]CCOCC[C-]=O.[W].[Y]. The first-order valence-electron chi connectivity index (χ1n) is 19.0. The number of benzene rings is 3. The first-order valence-corrected chi connectivity index (χ1v) is 17.9. The maximum atomic E-state index is 13.4. The molecule has 0 aromatic heterocycles. The molecule has 12 heteroatoms. The van der Waals surface area contributed by atoms with Gasteiger partial charge in [-0.15, -0.1) is 17.5 Å². The molecular formula is C43H46N3O7WY-3. The summed E-state index contributed by atoms with van der Waals surface area (Å²) in [7, 11) is 1.54. The Balaban J connectivity index is 0.000000653. The molecule has 0 saturated carbocycles. The van der Waals surface area contributed by atoms with Crippen LogP contribution < -0.4 is 14.2 Å². The summed E-state index contributed by atoms with van der Waals surface area (Å²) in [5.41, 5.74) is 7.34. The van der Waals surface area contributed by atoms with Gasteiger partial charge in [-0.1, -0.05) is 24.3 Å². The van der Waals surface area contributed by atoms with Crippen molar-refractivity contribution >= 4 is 30.0 Å². The molecule has 2 atom stereocenters. The normalized spacial score (nSPS) is 19.9. The molecule has 4 aliphatic rings. The van der Waals surface area contributed by atoms with E-state index in [1.165, 1.54) is 13.1 Å². The third-order valence-electron chi connectivity index (χ3n) is 9.69. The van der Waals surface area contributed by atoms with Crippen LogP contribution in [0.25, 0.3) is 0 Å². The summed E-state index contributed by atoms with van der Waals surface area (Å²) in [5.74, 6) is 1.57. The quantitative estimate of drug-likeness (QED) is 0.111. The van der Waals surface area contributed by atoms with E-state index < -0.39 is 0 Å². The predicted molar refractivity (Wildman–Crippen MR) is 203 cm³/mol. The molecule has 2 saturated heterocycles. The van der Waals surface area contributed by atoms with Crippen LogP contribution >= 0.6 is 0 Å². The van der Waals surface area contributed by atoms with Crippen molar-refractivity contribution in [3.05, 3.63) is 113 Å². The molecule has 10 nitrogen and oxygen atoms in total. The molecule has 55 heavy (non-hydrogen) atoms. The van der Waals surface area contributed by atoms with Crippen LogP contribution in [-0.2, 0) is 82.9 Å². The average Bonchev–Trinajstić information content (AvgIpc) is 3.78. The molecule has 2 amide bonds. The van der Waals surface area contributed by atoms with E-state index in [-0.39, 0.29) is 84.3 Å². The number of aliphatic imine (C=N–C) groups is 1. The predicted octanol–water partition coefficient (Wildman–Crippen LogP) is 6.89. The van der Waals surface area contributed by atoms with Crippen LogP contribution in [0.1, 0.15) is 77.8 Å². The minimum absolute atomic E-state index is 0. The fourth-order valence-electron chi connectivity index (χ4n) is 7.03. The van der Waals surface area contributed by atoms with E-state index in [0.29, 0.717) is 68.5 Å². The van der Waals surface area contributed by atoms with Gasteiger partial charge in [0.1, 0.15) is 5.75 Å². The van der Waals surface area contributed by atoms with E-state index in [1.54, 1.807) is 36.6 Å². The molecule has 0 N–H and O–H groups in total. The van der Waals surface area contributed by atoms with Gasteiger partial charge in [0.2, 0.25) is 0 Å². The second-order valence-corrected chi connectivity index (χ2v) is 13.6. The minimum atomic E-state index is -0.169. The van der Waals surface area contributed by atoms with Gasteiger partial charge in [-0.2, -0.15) is 30.7 Å². The molecule has 0 unspecified atom stereocenters. The van der Waals surface area contributed by atoms with Crippen molar-refractivity contribution in [2.24, 2.45) is 4.99 Å². The zero-order valence-corrected chi connectivity index (χ0v) is 37.1. The standard InChI is InChI=1S/C37H36N3O5.C6H10O2.W.Y/c1-22-10-28-9-8-27-14-33(24(3)12-30(27)36(41)39(28)18-22)44-20-25-6-5-7-26(13-25)21-45-35-16-32-31(15-34(35)43-4)37(42)40-19-23(2)11-29(40)17-38-32;1-2-5-8-6-3-4-7;;/h6-7,12-17,28-29H,1-2,8-11,18-21H2,3-4H3;1-3,5-6H2;;/q-1;-2;;/t28-,29+;;;/m1.../s1/i1T,2T;;;. The maximum Gasteiger partial charge on any atom is 0.257 e. The molecule has 3 aromatic rings. The van der Waals surface area contributed by atoms with Crippen LogP contribution in [0, 0.1) is 19.9 Å². The number of rotatable bonds is 12. The van der Waals surface area contributed by atoms with Crippen molar-refractivity contribution in [1.82, 2.24) is 9.80 Å². The number of methoxy groups -OCH3 is 1. The Morgan fingerprint density at radius 3 is 2.36 bits per heavy atom. The molecule has 1 radical (unpaired) electrons. The maximum absolute atomic E-state index is 13.4. The third kappa shape index (κ3) is 10.7. The molecule has 7 rings (SSSR count). The number of hydrogen-bond acceptors (Lipinski definition) is 8. The van der Waals surface area contributed by atoms with Crippen molar-refractivity contribution in [2.75, 3.05) is 33.4 Å². The van der Waals surface area contributed by atoms with E-state index in [4.69, 9.17) is 21.7 Å². The number of carbonyl (C=O) groups is 2. The van der Waals surface area contributed by atoms with E-state index >= 15 is 0 Å². The van der Waals surface area contributed by atoms with E-state index in [9.17, 15) is 14.4 Å². The third-order valence-corrected chi connectivity index (χ3v) is 9.69. The Bertz CT molecular complexity index is 2010. The van der Waals surface area contributed by atoms with Crippen molar-refractivity contribution in [3.63, 3.8) is 0 Å². The van der Waals surface area contributed by atoms with E-state index in [0.717, 1.165) is 70.4 Å². The fraction of sp³-hybridized carbons (Fsp3) is 0.372. The van der Waals surface area contributed by atoms with Gasteiger partial charge < -0.3 is 40.5 Å². The van der Waals surface area contributed by atoms with E-state index in [2.05, 4.69) is 18.0 Å². The minimum Gasteiger partial charge on any atom is -0.542 e. The second kappa shape index (κ2) is 20.7. The number of aryl methyl sites for hydroxylation is 2. The number of amides is 2. The van der Waals surface area contributed by atoms with Gasteiger partial charge in [0, 0.05) is 104 Å². The van der Waals surface area contributed by atoms with Gasteiger partial charge in [-0.05, 0) is 61.9 Å². The van der Waals surface area contributed by atoms with Crippen LogP contribution in [0.3, 0.4) is 0 Å². The molecule has 0 bridgehead atoms. The Hall–Kier alpha value is -3.43. The van der Waals surface area contributed by atoms with Gasteiger partial charge in [-0.3, -0.25) is 20.9 Å². The second-order valence-electron chi connectivity index (χ2n) is 13.6. The average molecular weight is 994 g/mol. The molecule has 4 heterocycles. The van der Waals surface area contributed by atoms with Crippen LogP contribution in [0.5, 0.6) is 17.2 Å². The molecule has 4 aliphatic heterocycles. The topological polar surface area (TPSA) is 107 Å². The molecule has 3 aromatic carbocycles. The van der Waals surface area contributed by atoms with E-state index in [1.807, 2.05) is 42.2 Å². The number of carbonyl (C=O) groups excluding carboxylic acids is 3. The first kappa shape index (κ1) is 41.2. The Kier molecular flexibility index (Phi) is 15.5. The summed E-state index contributed by atoms with van der Waals surface area (Å²) in [4.78, 5) is 44.5. The van der Waals surface area contributed by atoms with Gasteiger partial charge >= 0.3 is 0 Å². The van der Waals surface area contributed by atoms with Crippen LogP contribution in [-0.4, -0.2) is 79.6 Å². The Labute approximate surface area is 366 Å². The number of ether oxygens (including phenoxy) is 4. The molecule has 287 valence electrons. The summed E-state index contributed by atoms with van der Waals surface area (Å²) in [5, 5.41) is 0. The zero-order chi connectivity index (χ0) is 38.9. The summed E-state index contributed by atoms with van der Waals surface area (Å²) >= 11 is 0. The number of nitrogens with zero attached hydrogens (tertiary/aromatic N) is 3. The number of hydrogen-bond donors (Lipinski definition) is 0. The van der Waals surface area contributed by atoms with Crippen molar-refractivity contribution in [1.29, 1.82) is 0 Å². The molecular weight excluding hydrogens is 943 g/mol. The molecule has 2 fully saturated rings. The molecule has 0 spiro atoms. The number of fused-ring (bicyclic) bond motifs is 4. The first-order chi connectivity index (χ1) is 26.8. The fourth-order valence-corrected chi connectivity index (χ4v) is 7.03. The Morgan fingerprint density at radius 2 is 1.65 bits per heavy atom. The summed E-state index contributed by atoms with van der Waals surface area (Å²) in [6.07, 6.45) is 7.70. The van der Waals surface area contributed by atoms with Crippen molar-refractivity contribution in [2.45, 2.75) is 70.7 Å².